The molecule has 0 aliphatic heterocycles. The van der Waals surface area contributed by atoms with E-state index in [2.05, 4.69) is 77.6 Å². The van der Waals surface area contributed by atoms with Crippen molar-refractivity contribution < 1.29 is 24.4 Å². The lowest BCUT2D eigenvalue weighted by atomic mass is 9.78. The van der Waals surface area contributed by atoms with Crippen molar-refractivity contribution in [3.8, 4) is 11.5 Å². The molecule has 172 valence electrons. The van der Waals surface area contributed by atoms with Gasteiger partial charge in [0.1, 0.15) is 30.3 Å². The lowest BCUT2D eigenvalue weighted by Crippen LogP contribution is -2.23. The Morgan fingerprint density at radius 1 is 0.871 bits per heavy atom. The first-order chi connectivity index (χ1) is 14.5. The van der Waals surface area contributed by atoms with Crippen LogP contribution in [0, 0.1) is 0 Å². The number of aliphatic hydroxyl groups excluding tert-OH is 2. The van der Waals surface area contributed by atoms with Crippen LogP contribution in [-0.4, -0.2) is 49.4 Å². The molecule has 2 N–H and O–H groups in total. The van der Waals surface area contributed by atoms with E-state index in [1.165, 1.54) is 7.11 Å². The molecule has 0 heterocycles. The number of benzene rings is 2. The number of ether oxygens (including phenoxy) is 3. The maximum Gasteiger partial charge on any atom is 0.148 e. The number of hydrogen-bond acceptors (Lipinski definition) is 5. The molecule has 0 saturated heterocycles. The summed E-state index contributed by atoms with van der Waals surface area (Å²) in [5.41, 5.74) is 1.79. The van der Waals surface area contributed by atoms with Gasteiger partial charge in [-0.25, -0.2) is 0 Å². The van der Waals surface area contributed by atoms with Gasteiger partial charge in [-0.3, -0.25) is 0 Å². The average Bonchev–Trinajstić information content (AvgIpc) is 2.69. The molecule has 5 nitrogen and oxygen atoms in total. The van der Waals surface area contributed by atoms with Crippen LogP contribution in [0.4, 0.5) is 0 Å². The predicted octanol–water partition coefficient (Wildman–Crippen LogP) is 6.21. The van der Waals surface area contributed by atoms with E-state index in [4.69, 9.17) is 14.2 Å². The molecule has 0 amide bonds. The molecule has 2 atom stereocenters. The summed E-state index contributed by atoms with van der Waals surface area (Å²) in [5.74, 6) is 1.28. The fourth-order valence-electron chi connectivity index (χ4n) is 2.92. The van der Waals surface area contributed by atoms with E-state index in [9.17, 15) is 10.2 Å². The van der Waals surface area contributed by atoms with Crippen molar-refractivity contribution in [1.29, 1.82) is 0 Å². The van der Waals surface area contributed by atoms with Crippen LogP contribution >= 0.6 is 63.7 Å². The van der Waals surface area contributed by atoms with Gasteiger partial charge in [-0.15, -0.1) is 0 Å². The molecule has 2 rings (SSSR count). The summed E-state index contributed by atoms with van der Waals surface area (Å²) in [5, 5.41) is 19.1. The van der Waals surface area contributed by atoms with Crippen LogP contribution in [0.25, 0.3) is 0 Å². The summed E-state index contributed by atoms with van der Waals surface area (Å²) >= 11 is 14.4. The number of methoxy groups -OCH3 is 1. The normalized spacial score (nSPS) is 13.7. The van der Waals surface area contributed by atoms with Crippen molar-refractivity contribution in [2.24, 2.45) is 0 Å². The second kappa shape index (κ2) is 11.8. The zero-order chi connectivity index (χ0) is 23.3. The first-order valence-corrected chi connectivity index (χ1v) is 12.7. The van der Waals surface area contributed by atoms with Gasteiger partial charge >= 0.3 is 0 Å². The highest BCUT2D eigenvalue weighted by Gasteiger charge is 2.27. The number of rotatable bonds is 10. The van der Waals surface area contributed by atoms with Crippen LogP contribution in [0.2, 0.25) is 0 Å². The van der Waals surface area contributed by atoms with E-state index in [1.807, 2.05) is 31.2 Å². The van der Waals surface area contributed by atoms with Crippen LogP contribution in [0.1, 0.15) is 31.9 Å². The van der Waals surface area contributed by atoms with E-state index < -0.39 is 6.10 Å². The molecule has 0 fully saturated rings. The fraction of sp³-hybridized carbons (Fsp3) is 0.455. The molecule has 0 spiro atoms. The largest absolute Gasteiger partial charge is 0.488 e. The first-order valence-electron chi connectivity index (χ1n) is 9.57. The Balaban J connectivity index is 2.35. The van der Waals surface area contributed by atoms with Crippen molar-refractivity contribution in [3.63, 3.8) is 0 Å². The third-order valence-electron chi connectivity index (χ3n) is 4.80. The number of hydrogen-bond donors (Lipinski definition) is 2. The highest BCUT2D eigenvalue weighted by molar-refractivity contribution is 9.11. The molecule has 2 unspecified atom stereocenters. The molecule has 0 saturated carbocycles. The van der Waals surface area contributed by atoms with Gasteiger partial charge in [-0.05, 0) is 106 Å². The summed E-state index contributed by atoms with van der Waals surface area (Å²) < 4.78 is 19.7. The van der Waals surface area contributed by atoms with E-state index in [0.29, 0.717) is 11.5 Å². The van der Waals surface area contributed by atoms with Gasteiger partial charge in [-0.1, -0.05) is 13.8 Å². The average molecular weight is 690 g/mol. The van der Waals surface area contributed by atoms with Gasteiger partial charge in [0.05, 0.1) is 31.1 Å². The van der Waals surface area contributed by atoms with E-state index in [1.54, 1.807) is 0 Å². The second-order valence-corrected chi connectivity index (χ2v) is 11.1. The zero-order valence-electron chi connectivity index (χ0n) is 17.7. The quantitative estimate of drug-likeness (QED) is 0.311. The monoisotopic (exact) mass is 686 g/mol. The van der Waals surface area contributed by atoms with Gasteiger partial charge in [0.2, 0.25) is 0 Å². The van der Waals surface area contributed by atoms with E-state index in [0.717, 1.165) is 29.0 Å². The summed E-state index contributed by atoms with van der Waals surface area (Å²) in [6.45, 7) is 6.35. The fourth-order valence-corrected chi connectivity index (χ4v) is 5.71. The van der Waals surface area contributed by atoms with Crippen molar-refractivity contribution in [2.45, 2.75) is 38.4 Å². The third kappa shape index (κ3) is 6.91. The summed E-state index contributed by atoms with van der Waals surface area (Å²) in [7, 11) is 1.54. The Morgan fingerprint density at radius 2 is 1.32 bits per heavy atom. The van der Waals surface area contributed by atoms with Crippen LogP contribution in [0.3, 0.4) is 0 Å². The Hall–Kier alpha value is -0.160. The molecular formula is C22H26Br4O5. The zero-order valence-corrected chi connectivity index (χ0v) is 24.1. The smallest absolute Gasteiger partial charge is 0.148 e. The van der Waals surface area contributed by atoms with Gasteiger partial charge in [0.15, 0.2) is 0 Å². The van der Waals surface area contributed by atoms with Gasteiger partial charge < -0.3 is 24.4 Å². The molecule has 0 aliphatic carbocycles. The van der Waals surface area contributed by atoms with Crippen molar-refractivity contribution >= 4 is 63.7 Å². The molecule has 0 radical (unpaired) electrons. The van der Waals surface area contributed by atoms with E-state index >= 15 is 0 Å². The molecule has 2 aromatic carbocycles. The second-order valence-electron chi connectivity index (χ2n) is 7.69. The van der Waals surface area contributed by atoms with Crippen LogP contribution in [-0.2, 0) is 10.2 Å². The maximum absolute atomic E-state index is 9.86. The molecule has 2 aromatic rings. The molecule has 9 heteroatoms. The Labute approximate surface area is 217 Å². The molecule has 0 aromatic heterocycles. The van der Waals surface area contributed by atoms with Gasteiger partial charge in [-0.2, -0.15) is 0 Å². The van der Waals surface area contributed by atoms with Gasteiger partial charge in [0.25, 0.3) is 0 Å². The highest BCUT2D eigenvalue weighted by Crippen LogP contribution is 2.44. The Bertz CT molecular complexity index is 857. The van der Waals surface area contributed by atoms with Crippen LogP contribution < -0.4 is 9.47 Å². The van der Waals surface area contributed by atoms with Crippen LogP contribution in [0.15, 0.2) is 42.2 Å². The molecular weight excluding hydrogens is 664 g/mol. The minimum Gasteiger partial charge on any atom is -0.488 e. The summed E-state index contributed by atoms with van der Waals surface area (Å²) in [4.78, 5) is 0. The Kier molecular flexibility index (Phi) is 10.3. The van der Waals surface area contributed by atoms with Crippen molar-refractivity contribution in [1.82, 2.24) is 0 Å². The Morgan fingerprint density at radius 3 is 1.74 bits per heavy atom. The summed E-state index contributed by atoms with van der Waals surface area (Å²) in [6.07, 6.45) is -1.02. The standard InChI is InChI=1S/C22H26Br4O5/c1-12(9-27)31-21-18(25)7-14(8-19(21)26)22(2,3)13-5-16(23)20(17(24)6-13)30-11-15(28)10-29-4/h5-8,12,15,27-28H,9-11H2,1-4H3. The molecule has 0 bridgehead atoms. The van der Waals surface area contributed by atoms with E-state index in [-0.39, 0.29) is 31.3 Å². The van der Waals surface area contributed by atoms with Crippen molar-refractivity contribution in [3.05, 3.63) is 53.3 Å². The SMILES string of the molecule is COCC(O)COc1c(Br)cc(C(C)(C)c2cc(Br)c(OC(C)CO)c(Br)c2)cc1Br. The van der Waals surface area contributed by atoms with Gasteiger partial charge in [0, 0.05) is 12.5 Å². The molecule has 31 heavy (non-hydrogen) atoms. The highest BCUT2D eigenvalue weighted by atomic mass is 79.9. The first kappa shape index (κ1) is 27.1. The summed E-state index contributed by atoms with van der Waals surface area (Å²) in [6, 6.07) is 8.08. The number of aliphatic hydroxyl groups is 2. The topological polar surface area (TPSA) is 68.2 Å². The van der Waals surface area contributed by atoms with Crippen LogP contribution in [0.5, 0.6) is 11.5 Å². The lowest BCUT2D eigenvalue weighted by molar-refractivity contribution is 0.0321. The third-order valence-corrected chi connectivity index (χ3v) is 7.15. The maximum atomic E-state index is 9.86. The lowest BCUT2D eigenvalue weighted by Gasteiger charge is -2.29. The number of halogens is 4. The van der Waals surface area contributed by atoms with Crippen molar-refractivity contribution in [2.75, 3.05) is 26.9 Å². The minimum atomic E-state index is -0.705. The predicted molar refractivity (Wildman–Crippen MR) is 136 cm³/mol. The minimum absolute atomic E-state index is 0.0644. The molecule has 0 aliphatic rings.